The van der Waals surface area contributed by atoms with E-state index < -0.39 is 0 Å². The summed E-state index contributed by atoms with van der Waals surface area (Å²) >= 11 is 0. The maximum atomic E-state index is 12.8. The van der Waals surface area contributed by atoms with Gasteiger partial charge in [-0.05, 0) is 59.0 Å². The number of anilines is 2. The minimum atomic E-state index is -0.191. The number of ether oxygens (including phenoxy) is 1. The second-order valence-electron chi connectivity index (χ2n) is 9.90. The summed E-state index contributed by atoms with van der Waals surface area (Å²) in [5.74, 6) is -0.381. The van der Waals surface area contributed by atoms with E-state index in [4.69, 9.17) is 4.74 Å². The van der Waals surface area contributed by atoms with E-state index in [2.05, 4.69) is 36.3 Å². The number of carbonyl (C=O) groups excluding carboxylic acids is 2. The molecule has 1 saturated heterocycles. The van der Waals surface area contributed by atoms with Crippen LogP contribution in [-0.2, 0) is 16.7 Å². The molecule has 0 unspecified atom stereocenters. The van der Waals surface area contributed by atoms with Crippen LogP contribution in [0.15, 0.2) is 72.8 Å². The molecular formula is C29H33N3O3. The van der Waals surface area contributed by atoms with Crippen molar-refractivity contribution in [1.29, 1.82) is 0 Å². The van der Waals surface area contributed by atoms with Gasteiger partial charge in [-0.2, -0.15) is 0 Å². The molecule has 1 aliphatic rings. The molecule has 3 aromatic carbocycles. The standard InChI is InChI=1S/C29H33N3O3/c1-29(2,3)24-13-11-23(12-14-24)28(34)31-26-6-4-5-25(19-26)30-27(33)22-9-7-21(8-10-22)20-32-15-17-35-18-16-32/h4-14,19H,15-18,20H2,1-3H3,(H,30,33)(H,31,34). The lowest BCUT2D eigenvalue weighted by Gasteiger charge is -2.26. The van der Waals surface area contributed by atoms with Crippen LogP contribution in [0.25, 0.3) is 0 Å². The molecule has 2 N–H and O–H groups in total. The summed E-state index contributed by atoms with van der Waals surface area (Å²) in [6.45, 7) is 10.7. The van der Waals surface area contributed by atoms with Crippen molar-refractivity contribution in [2.75, 3.05) is 36.9 Å². The van der Waals surface area contributed by atoms with Crippen LogP contribution in [0, 0.1) is 0 Å². The van der Waals surface area contributed by atoms with Gasteiger partial charge in [-0.15, -0.1) is 0 Å². The van der Waals surface area contributed by atoms with E-state index >= 15 is 0 Å². The van der Waals surface area contributed by atoms with E-state index in [1.807, 2.05) is 48.5 Å². The average Bonchev–Trinajstić information content (AvgIpc) is 2.85. The molecule has 1 aliphatic heterocycles. The maximum Gasteiger partial charge on any atom is 0.255 e. The Balaban J connectivity index is 1.35. The van der Waals surface area contributed by atoms with Crippen molar-refractivity contribution in [3.8, 4) is 0 Å². The summed E-state index contributed by atoms with van der Waals surface area (Å²) in [5, 5.41) is 5.83. The van der Waals surface area contributed by atoms with Crippen molar-refractivity contribution in [1.82, 2.24) is 4.90 Å². The largest absolute Gasteiger partial charge is 0.379 e. The van der Waals surface area contributed by atoms with Crippen LogP contribution in [0.5, 0.6) is 0 Å². The highest BCUT2D eigenvalue weighted by atomic mass is 16.5. The fourth-order valence-corrected chi connectivity index (χ4v) is 3.98. The van der Waals surface area contributed by atoms with E-state index in [0.29, 0.717) is 22.5 Å². The Bertz CT molecular complexity index is 1160. The number of benzene rings is 3. The summed E-state index contributed by atoms with van der Waals surface area (Å²) in [5.41, 5.74) is 4.79. The number of amides is 2. The maximum absolute atomic E-state index is 12.8. The first-order valence-electron chi connectivity index (χ1n) is 12.0. The third kappa shape index (κ3) is 6.78. The van der Waals surface area contributed by atoms with Crippen molar-refractivity contribution < 1.29 is 14.3 Å². The zero-order chi connectivity index (χ0) is 24.8. The molecule has 1 heterocycles. The Hall–Kier alpha value is -3.48. The monoisotopic (exact) mass is 471 g/mol. The first-order chi connectivity index (χ1) is 16.8. The lowest BCUT2D eigenvalue weighted by Crippen LogP contribution is -2.35. The topological polar surface area (TPSA) is 70.7 Å². The first kappa shape index (κ1) is 24.6. The summed E-state index contributed by atoms with van der Waals surface area (Å²) in [6, 6.07) is 22.5. The molecule has 35 heavy (non-hydrogen) atoms. The highest BCUT2D eigenvalue weighted by Gasteiger charge is 2.15. The summed E-state index contributed by atoms with van der Waals surface area (Å²) in [4.78, 5) is 27.8. The SMILES string of the molecule is CC(C)(C)c1ccc(C(=O)Nc2cccc(NC(=O)c3ccc(CN4CCOCC4)cc3)c2)cc1. The molecule has 6 heteroatoms. The Morgan fingerprint density at radius 1 is 0.800 bits per heavy atom. The minimum Gasteiger partial charge on any atom is -0.379 e. The van der Waals surface area contributed by atoms with Crippen molar-refractivity contribution >= 4 is 23.2 Å². The Morgan fingerprint density at radius 2 is 1.31 bits per heavy atom. The molecule has 0 bridgehead atoms. The van der Waals surface area contributed by atoms with Crippen LogP contribution in [0.2, 0.25) is 0 Å². The average molecular weight is 472 g/mol. The molecule has 3 aromatic rings. The number of carbonyl (C=O) groups is 2. The molecule has 0 saturated carbocycles. The number of hydrogen-bond donors (Lipinski definition) is 2. The zero-order valence-electron chi connectivity index (χ0n) is 20.6. The quantitative estimate of drug-likeness (QED) is 0.510. The van der Waals surface area contributed by atoms with Gasteiger partial charge in [-0.1, -0.05) is 51.1 Å². The number of morpholine rings is 1. The van der Waals surface area contributed by atoms with Crippen LogP contribution in [0.1, 0.15) is 52.6 Å². The van der Waals surface area contributed by atoms with Crippen LogP contribution in [0.3, 0.4) is 0 Å². The zero-order valence-corrected chi connectivity index (χ0v) is 20.6. The van der Waals surface area contributed by atoms with E-state index in [1.54, 1.807) is 24.3 Å². The summed E-state index contributed by atoms with van der Waals surface area (Å²) < 4.78 is 5.39. The van der Waals surface area contributed by atoms with Crippen LogP contribution in [-0.4, -0.2) is 43.0 Å². The molecule has 0 radical (unpaired) electrons. The van der Waals surface area contributed by atoms with Gasteiger partial charge >= 0.3 is 0 Å². The Labute approximate surface area is 207 Å². The summed E-state index contributed by atoms with van der Waals surface area (Å²) in [7, 11) is 0. The molecule has 4 rings (SSSR count). The lowest BCUT2D eigenvalue weighted by atomic mass is 9.87. The predicted octanol–water partition coefficient (Wildman–Crippen LogP) is 5.32. The normalized spacial score (nSPS) is 14.4. The van der Waals surface area contributed by atoms with Crippen molar-refractivity contribution in [2.24, 2.45) is 0 Å². The van der Waals surface area contributed by atoms with Gasteiger partial charge in [0.2, 0.25) is 0 Å². The van der Waals surface area contributed by atoms with Gasteiger partial charge in [0.05, 0.1) is 13.2 Å². The summed E-state index contributed by atoms with van der Waals surface area (Å²) in [6.07, 6.45) is 0. The minimum absolute atomic E-state index is 0.0323. The highest BCUT2D eigenvalue weighted by Crippen LogP contribution is 2.23. The molecule has 0 atom stereocenters. The molecule has 2 amide bonds. The van der Waals surface area contributed by atoms with Crippen molar-refractivity contribution in [2.45, 2.75) is 32.7 Å². The number of nitrogens with one attached hydrogen (secondary N) is 2. The Morgan fingerprint density at radius 3 is 1.83 bits per heavy atom. The van der Waals surface area contributed by atoms with E-state index in [-0.39, 0.29) is 17.2 Å². The van der Waals surface area contributed by atoms with Gasteiger partial charge in [-0.3, -0.25) is 14.5 Å². The van der Waals surface area contributed by atoms with Gasteiger partial charge in [-0.25, -0.2) is 0 Å². The predicted molar refractivity (Wildman–Crippen MR) is 140 cm³/mol. The lowest BCUT2D eigenvalue weighted by molar-refractivity contribution is 0.0342. The number of rotatable bonds is 6. The van der Waals surface area contributed by atoms with Gasteiger partial charge in [0, 0.05) is 42.1 Å². The van der Waals surface area contributed by atoms with E-state index in [1.165, 1.54) is 11.1 Å². The fraction of sp³-hybridized carbons (Fsp3) is 0.310. The Kier molecular flexibility index (Phi) is 7.63. The van der Waals surface area contributed by atoms with Crippen molar-refractivity contribution in [3.05, 3.63) is 95.1 Å². The van der Waals surface area contributed by atoms with Crippen LogP contribution < -0.4 is 10.6 Å². The molecule has 1 fully saturated rings. The number of nitrogens with zero attached hydrogens (tertiary/aromatic N) is 1. The van der Waals surface area contributed by atoms with Crippen LogP contribution in [0.4, 0.5) is 11.4 Å². The third-order valence-electron chi connectivity index (χ3n) is 6.12. The van der Waals surface area contributed by atoms with Gasteiger partial charge < -0.3 is 15.4 Å². The van der Waals surface area contributed by atoms with Crippen molar-refractivity contribution in [3.63, 3.8) is 0 Å². The van der Waals surface area contributed by atoms with E-state index in [9.17, 15) is 9.59 Å². The molecule has 0 aliphatic carbocycles. The van der Waals surface area contributed by atoms with Crippen LogP contribution >= 0.6 is 0 Å². The van der Waals surface area contributed by atoms with Gasteiger partial charge in [0.1, 0.15) is 0 Å². The highest BCUT2D eigenvalue weighted by molar-refractivity contribution is 6.06. The van der Waals surface area contributed by atoms with E-state index in [0.717, 1.165) is 32.8 Å². The second kappa shape index (κ2) is 10.8. The molecule has 6 nitrogen and oxygen atoms in total. The second-order valence-corrected chi connectivity index (χ2v) is 9.90. The molecule has 0 aromatic heterocycles. The smallest absolute Gasteiger partial charge is 0.255 e. The third-order valence-corrected chi connectivity index (χ3v) is 6.12. The molecular weight excluding hydrogens is 438 g/mol. The van der Waals surface area contributed by atoms with Gasteiger partial charge in [0.15, 0.2) is 0 Å². The van der Waals surface area contributed by atoms with Gasteiger partial charge in [0.25, 0.3) is 11.8 Å². The molecule has 0 spiro atoms. The molecule has 182 valence electrons. The fourth-order valence-electron chi connectivity index (χ4n) is 3.98. The number of hydrogen-bond acceptors (Lipinski definition) is 4. The first-order valence-corrected chi connectivity index (χ1v) is 12.0.